The van der Waals surface area contributed by atoms with Gasteiger partial charge in [0.1, 0.15) is 11.5 Å². The first-order valence-corrected chi connectivity index (χ1v) is 9.18. The standard InChI is InChI=1S/C21H20N6/c1-2-8-23-17(3-1)21-26-19-13-22-9-7-16(19)20(27-21)25-12-14-4-5-15-6-10-24-18(15)11-14/h1-6,8,10-11,22,24H,7,9,12-13H2,(H,25,26,27). The van der Waals surface area contributed by atoms with Crippen LogP contribution in [0.1, 0.15) is 16.8 Å². The van der Waals surface area contributed by atoms with E-state index in [0.29, 0.717) is 12.4 Å². The van der Waals surface area contributed by atoms with Gasteiger partial charge in [-0.15, -0.1) is 0 Å². The SMILES string of the molecule is c1ccc(-c2nc3c(c(NCc4ccc5cc[nH]c5c4)n2)CCNC3)nc1. The van der Waals surface area contributed by atoms with Gasteiger partial charge in [0.25, 0.3) is 0 Å². The van der Waals surface area contributed by atoms with Gasteiger partial charge in [-0.1, -0.05) is 18.2 Å². The lowest BCUT2D eigenvalue weighted by molar-refractivity contribution is 0.625. The van der Waals surface area contributed by atoms with Crippen LogP contribution >= 0.6 is 0 Å². The van der Waals surface area contributed by atoms with Crippen molar-refractivity contribution in [1.82, 2.24) is 25.3 Å². The van der Waals surface area contributed by atoms with Gasteiger partial charge in [0.2, 0.25) is 0 Å². The molecule has 6 nitrogen and oxygen atoms in total. The maximum atomic E-state index is 4.80. The lowest BCUT2D eigenvalue weighted by Crippen LogP contribution is -2.26. The van der Waals surface area contributed by atoms with Crippen LogP contribution in [0.25, 0.3) is 22.4 Å². The van der Waals surface area contributed by atoms with Crippen molar-refractivity contribution in [3.63, 3.8) is 0 Å². The Balaban J connectivity index is 1.48. The third-order valence-corrected chi connectivity index (χ3v) is 4.91. The minimum Gasteiger partial charge on any atom is -0.366 e. The molecule has 4 aromatic rings. The molecule has 0 unspecified atom stereocenters. The third kappa shape index (κ3) is 3.15. The van der Waals surface area contributed by atoms with Gasteiger partial charge in [-0.3, -0.25) is 4.98 Å². The molecule has 3 aromatic heterocycles. The van der Waals surface area contributed by atoms with Crippen LogP contribution in [0.3, 0.4) is 0 Å². The number of nitrogens with zero attached hydrogens (tertiary/aromatic N) is 3. The van der Waals surface area contributed by atoms with Crippen molar-refractivity contribution >= 4 is 16.7 Å². The highest BCUT2D eigenvalue weighted by molar-refractivity contribution is 5.79. The summed E-state index contributed by atoms with van der Waals surface area (Å²) >= 11 is 0. The molecule has 0 amide bonds. The quantitative estimate of drug-likeness (QED) is 0.523. The molecule has 0 saturated heterocycles. The molecule has 3 N–H and O–H groups in total. The fourth-order valence-electron chi connectivity index (χ4n) is 3.51. The summed E-state index contributed by atoms with van der Waals surface area (Å²) in [6, 6.07) is 14.4. The highest BCUT2D eigenvalue weighted by Crippen LogP contribution is 2.25. The molecule has 4 heterocycles. The lowest BCUT2D eigenvalue weighted by Gasteiger charge is -2.20. The number of anilines is 1. The molecule has 0 atom stereocenters. The van der Waals surface area contributed by atoms with Gasteiger partial charge < -0.3 is 15.6 Å². The van der Waals surface area contributed by atoms with Crippen molar-refractivity contribution < 1.29 is 0 Å². The zero-order valence-electron chi connectivity index (χ0n) is 14.9. The van der Waals surface area contributed by atoms with Gasteiger partial charge >= 0.3 is 0 Å². The number of aromatic amines is 1. The molecule has 0 aliphatic carbocycles. The van der Waals surface area contributed by atoms with Gasteiger partial charge in [0.15, 0.2) is 5.82 Å². The zero-order chi connectivity index (χ0) is 18.1. The van der Waals surface area contributed by atoms with Crippen LogP contribution < -0.4 is 10.6 Å². The van der Waals surface area contributed by atoms with E-state index in [9.17, 15) is 0 Å². The molecule has 0 spiro atoms. The van der Waals surface area contributed by atoms with Crippen LogP contribution in [0.5, 0.6) is 0 Å². The molecule has 0 radical (unpaired) electrons. The molecule has 5 rings (SSSR count). The van der Waals surface area contributed by atoms with E-state index >= 15 is 0 Å². The van der Waals surface area contributed by atoms with E-state index in [0.717, 1.165) is 42.2 Å². The number of hydrogen-bond donors (Lipinski definition) is 3. The summed E-state index contributed by atoms with van der Waals surface area (Å²) in [5, 5.41) is 8.15. The number of benzene rings is 1. The Kier molecular flexibility index (Phi) is 4.03. The first-order chi connectivity index (χ1) is 13.4. The second kappa shape index (κ2) is 6.81. The van der Waals surface area contributed by atoms with E-state index in [2.05, 4.69) is 44.9 Å². The van der Waals surface area contributed by atoms with Crippen LogP contribution in [-0.4, -0.2) is 26.5 Å². The number of hydrogen-bond acceptors (Lipinski definition) is 5. The summed E-state index contributed by atoms with van der Waals surface area (Å²) in [5.41, 5.74) is 5.42. The minimum absolute atomic E-state index is 0.667. The summed E-state index contributed by atoms with van der Waals surface area (Å²) in [6.07, 6.45) is 4.67. The summed E-state index contributed by atoms with van der Waals surface area (Å²) in [4.78, 5) is 17.2. The number of pyridine rings is 1. The van der Waals surface area contributed by atoms with Gasteiger partial charge in [-0.05, 0) is 48.2 Å². The molecule has 1 aliphatic rings. The molecule has 1 aliphatic heterocycles. The number of rotatable bonds is 4. The molecule has 1 aromatic carbocycles. The molecule has 0 bridgehead atoms. The van der Waals surface area contributed by atoms with E-state index in [4.69, 9.17) is 9.97 Å². The smallest absolute Gasteiger partial charge is 0.180 e. The Hall–Kier alpha value is -3.25. The van der Waals surface area contributed by atoms with Crippen LogP contribution in [0.15, 0.2) is 54.9 Å². The van der Waals surface area contributed by atoms with Crippen molar-refractivity contribution in [3.8, 4) is 11.5 Å². The second-order valence-corrected chi connectivity index (χ2v) is 6.72. The third-order valence-electron chi connectivity index (χ3n) is 4.91. The monoisotopic (exact) mass is 356 g/mol. The zero-order valence-corrected chi connectivity index (χ0v) is 14.9. The van der Waals surface area contributed by atoms with Crippen molar-refractivity contribution in [1.29, 1.82) is 0 Å². The van der Waals surface area contributed by atoms with E-state index in [-0.39, 0.29) is 0 Å². The minimum atomic E-state index is 0.667. The lowest BCUT2D eigenvalue weighted by atomic mass is 10.1. The maximum Gasteiger partial charge on any atom is 0.180 e. The molecule has 0 fully saturated rings. The van der Waals surface area contributed by atoms with E-state index in [1.165, 1.54) is 16.5 Å². The molecule has 0 saturated carbocycles. The van der Waals surface area contributed by atoms with Crippen molar-refractivity contribution in [3.05, 3.63) is 71.7 Å². The molecular weight excluding hydrogens is 336 g/mol. The highest BCUT2D eigenvalue weighted by Gasteiger charge is 2.18. The number of nitrogens with one attached hydrogen (secondary N) is 3. The van der Waals surface area contributed by atoms with Crippen molar-refractivity contribution in [2.24, 2.45) is 0 Å². The largest absolute Gasteiger partial charge is 0.366 e. The van der Waals surface area contributed by atoms with E-state index in [1.54, 1.807) is 6.20 Å². The maximum absolute atomic E-state index is 4.80. The predicted octanol–water partition coefficient (Wildman–Crippen LogP) is 3.28. The average molecular weight is 356 g/mol. The van der Waals surface area contributed by atoms with E-state index in [1.807, 2.05) is 24.4 Å². The molecule has 27 heavy (non-hydrogen) atoms. The van der Waals surface area contributed by atoms with Crippen LogP contribution in [0.4, 0.5) is 5.82 Å². The van der Waals surface area contributed by atoms with Gasteiger partial charge in [0.05, 0.1) is 5.69 Å². The van der Waals surface area contributed by atoms with Crippen LogP contribution in [0.2, 0.25) is 0 Å². The summed E-state index contributed by atoms with van der Waals surface area (Å²) < 4.78 is 0. The Morgan fingerprint density at radius 3 is 3.00 bits per heavy atom. The van der Waals surface area contributed by atoms with Crippen LogP contribution in [0, 0.1) is 0 Å². The van der Waals surface area contributed by atoms with Gasteiger partial charge in [0, 0.05) is 36.6 Å². The first kappa shape index (κ1) is 16.0. The summed E-state index contributed by atoms with van der Waals surface area (Å²) in [5.74, 6) is 1.58. The Labute approximate surface area is 157 Å². The Morgan fingerprint density at radius 2 is 2.07 bits per heavy atom. The fourth-order valence-corrected chi connectivity index (χ4v) is 3.51. The number of H-pyrrole nitrogens is 1. The summed E-state index contributed by atoms with van der Waals surface area (Å²) in [7, 11) is 0. The molecular formula is C21H20N6. The van der Waals surface area contributed by atoms with Crippen LogP contribution in [-0.2, 0) is 19.5 Å². The first-order valence-electron chi connectivity index (χ1n) is 9.18. The predicted molar refractivity (Wildman–Crippen MR) is 106 cm³/mol. The second-order valence-electron chi connectivity index (χ2n) is 6.72. The fraction of sp³-hybridized carbons (Fsp3) is 0.190. The van der Waals surface area contributed by atoms with Gasteiger partial charge in [-0.25, -0.2) is 9.97 Å². The highest BCUT2D eigenvalue weighted by atomic mass is 15.1. The Morgan fingerprint density at radius 1 is 1.07 bits per heavy atom. The average Bonchev–Trinajstić information content (AvgIpc) is 3.20. The van der Waals surface area contributed by atoms with Gasteiger partial charge in [-0.2, -0.15) is 0 Å². The number of aromatic nitrogens is 4. The Bertz CT molecular complexity index is 1090. The number of fused-ring (bicyclic) bond motifs is 2. The molecule has 6 heteroatoms. The normalized spacial score (nSPS) is 13.5. The van der Waals surface area contributed by atoms with Crippen molar-refractivity contribution in [2.45, 2.75) is 19.5 Å². The molecule has 134 valence electrons. The van der Waals surface area contributed by atoms with Crippen molar-refractivity contribution in [2.75, 3.05) is 11.9 Å². The topological polar surface area (TPSA) is 78.5 Å². The summed E-state index contributed by atoms with van der Waals surface area (Å²) in [6.45, 7) is 2.43. The van der Waals surface area contributed by atoms with E-state index < -0.39 is 0 Å².